The van der Waals surface area contributed by atoms with Gasteiger partial charge in [-0.05, 0) is 70.2 Å². The molecule has 1 amide bonds. The Morgan fingerprint density at radius 1 is 1.17 bits per heavy atom. The minimum absolute atomic E-state index is 0.202. The number of carboxylic acid groups (broad SMARTS) is 1. The molecule has 0 saturated carbocycles. The Labute approximate surface area is 171 Å². The topological polar surface area (TPSA) is 79.7 Å². The molecule has 6 heteroatoms. The number of amides is 1. The zero-order chi connectivity index (χ0) is 21.0. The fraction of sp³-hybridized carbons (Fsp3) is 0.435. The summed E-state index contributed by atoms with van der Waals surface area (Å²) in [6.07, 6.45) is 5.36. The minimum atomic E-state index is -0.938. The molecule has 29 heavy (non-hydrogen) atoms. The Morgan fingerprint density at radius 2 is 1.90 bits per heavy atom. The lowest BCUT2D eigenvalue weighted by atomic mass is 10.0. The number of ether oxygens (including phenoxy) is 1. The second kappa shape index (κ2) is 8.64. The minimum Gasteiger partial charge on any atom is -0.478 e. The van der Waals surface area contributed by atoms with E-state index < -0.39 is 11.6 Å². The summed E-state index contributed by atoms with van der Waals surface area (Å²) in [5.41, 5.74) is 2.59. The average molecular weight is 396 g/mol. The number of hydrogen-bond donors (Lipinski definition) is 1. The third kappa shape index (κ3) is 5.56. The van der Waals surface area contributed by atoms with Crippen LogP contribution in [0.3, 0.4) is 0 Å². The van der Waals surface area contributed by atoms with E-state index in [9.17, 15) is 9.59 Å². The predicted molar refractivity (Wildman–Crippen MR) is 111 cm³/mol. The van der Waals surface area contributed by atoms with Crippen molar-refractivity contribution in [2.75, 3.05) is 6.54 Å². The largest absolute Gasteiger partial charge is 0.478 e. The predicted octanol–water partition coefficient (Wildman–Crippen LogP) is 4.78. The van der Waals surface area contributed by atoms with Gasteiger partial charge in [-0.15, -0.1) is 0 Å². The molecule has 1 aliphatic heterocycles. The highest BCUT2D eigenvalue weighted by molar-refractivity contribution is 5.88. The van der Waals surface area contributed by atoms with E-state index in [1.54, 1.807) is 24.3 Å². The summed E-state index contributed by atoms with van der Waals surface area (Å²) < 4.78 is 5.53. The Morgan fingerprint density at radius 3 is 2.48 bits per heavy atom. The van der Waals surface area contributed by atoms with Crippen molar-refractivity contribution in [2.24, 2.45) is 0 Å². The Hall–Kier alpha value is -2.89. The summed E-state index contributed by atoms with van der Waals surface area (Å²) >= 11 is 0. The van der Waals surface area contributed by atoms with Crippen molar-refractivity contribution in [3.8, 4) is 11.3 Å². The fourth-order valence-corrected chi connectivity index (χ4v) is 3.56. The van der Waals surface area contributed by atoms with Gasteiger partial charge >= 0.3 is 12.1 Å². The second-order valence-corrected chi connectivity index (χ2v) is 8.44. The third-order valence-corrected chi connectivity index (χ3v) is 5.02. The third-order valence-electron chi connectivity index (χ3n) is 5.02. The van der Waals surface area contributed by atoms with Gasteiger partial charge in [-0.1, -0.05) is 18.2 Å². The normalized spacial score (nSPS) is 16.7. The monoisotopic (exact) mass is 396 g/mol. The van der Waals surface area contributed by atoms with Crippen LogP contribution in [0.5, 0.6) is 0 Å². The molecular weight excluding hydrogens is 368 g/mol. The zero-order valence-electron chi connectivity index (χ0n) is 17.2. The van der Waals surface area contributed by atoms with Gasteiger partial charge in [-0.25, -0.2) is 9.59 Å². The first-order valence-electron chi connectivity index (χ1n) is 10.0. The molecule has 1 unspecified atom stereocenters. The summed E-state index contributed by atoms with van der Waals surface area (Å²) in [6, 6.07) is 10.9. The van der Waals surface area contributed by atoms with Crippen LogP contribution in [0.15, 0.2) is 42.6 Å². The van der Waals surface area contributed by atoms with Crippen molar-refractivity contribution >= 4 is 12.1 Å². The van der Waals surface area contributed by atoms with Crippen molar-refractivity contribution in [1.29, 1.82) is 0 Å². The van der Waals surface area contributed by atoms with Gasteiger partial charge < -0.3 is 14.7 Å². The maximum Gasteiger partial charge on any atom is 0.410 e. The van der Waals surface area contributed by atoms with Crippen LogP contribution in [0.1, 0.15) is 56.0 Å². The molecule has 0 spiro atoms. The quantitative estimate of drug-likeness (QED) is 0.787. The van der Waals surface area contributed by atoms with Crippen LogP contribution in [0.25, 0.3) is 11.3 Å². The number of rotatable bonds is 5. The van der Waals surface area contributed by atoms with Gasteiger partial charge in [0.2, 0.25) is 0 Å². The molecule has 154 valence electrons. The highest BCUT2D eigenvalue weighted by atomic mass is 16.6. The van der Waals surface area contributed by atoms with Crippen LogP contribution in [0.2, 0.25) is 0 Å². The standard InChI is InChI=1S/C23H28N2O4/c1-23(2,3)29-22(28)25-14-4-5-19(25)12-6-16-7-13-20(24-15-16)17-8-10-18(11-9-17)21(26)27/h7-11,13,15,19H,4-6,12,14H2,1-3H3,(H,26,27). The lowest BCUT2D eigenvalue weighted by Crippen LogP contribution is -2.40. The van der Waals surface area contributed by atoms with Crippen molar-refractivity contribution in [3.63, 3.8) is 0 Å². The highest BCUT2D eigenvalue weighted by Crippen LogP contribution is 2.25. The maximum absolute atomic E-state index is 12.4. The van der Waals surface area contributed by atoms with E-state index in [1.165, 1.54) is 0 Å². The van der Waals surface area contributed by atoms with Crippen molar-refractivity contribution in [3.05, 3.63) is 53.7 Å². The fourth-order valence-electron chi connectivity index (χ4n) is 3.56. The first-order chi connectivity index (χ1) is 13.7. The van der Waals surface area contributed by atoms with E-state index in [0.29, 0.717) is 0 Å². The molecule has 1 fully saturated rings. The Kier molecular flexibility index (Phi) is 6.20. The number of carboxylic acids is 1. The molecule has 1 atom stereocenters. The van der Waals surface area contributed by atoms with E-state index in [1.807, 2.05) is 44.0 Å². The van der Waals surface area contributed by atoms with E-state index in [4.69, 9.17) is 9.84 Å². The number of aromatic carboxylic acids is 1. The Balaban J connectivity index is 1.58. The summed E-state index contributed by atoms with van der Waals surface area (Å²) in [5.74, 6) is -0.938. The average Bonchev–Trinajstić information content (AvgIpc) is 3.14. The van der Waals surface area contributed by atoms with Gasteiger partial charge in [0, 0.05) is 24.3 Å². The molecule has 2 heterocycles. The number of pyridine rings is 1. The van der Waals surface area contributed by atoms with E-state index >= 15 is 0 Å². The number of carbonyl (C=O) groups excluding carboxylic acids is 1. The molecule has 1 aromatic carbocycles. The molecule has 0 aliphatic carbocycles. The number of aryl methyl sites for hydroxylation is 1. The van der Waals surface area contributed by atoms with Gasteiger partial charge in [0.05, 0.1) is 11.3 Å². The van der Waals surface area contributed by atoms with Gasteiger partial charge in [0.1, 0.15) is 5.60 Å². The second-order valence-electron chi connectivity index (χ2n) is 8.44. The van der Waals surface area contributed by atoms with Gasteiger partial charge in [0.15, 0.2) is 0 Å². The zero-order valence-corrected chi connectivity index (χ0v) is 17.2. The lowest BCUT2D eigenvalue weighted by molar-refractivity contribution is 0.0220. The SMILES string of the molecule is CC(C)(C)OC(=O)N1CCCC1CCc1ccc(-c2ccc(C(=O)O)cc2)nc1. The van der Waals surface area contributed by atoms with Crippen LogP contribution in [-0.4, -0.2) is 45.2 Å². The summed E-state index contributed by atoms with van der Waals surface area (Å²) in [7, 11) is 0. The van der Waals surface area contributed by atoms with E-state index in [0.717, 1.165) is 49.0 Å². The van der Waals surface area contributed by atoms with Crippen molar-refractivity contribution in [1.82, 2.24) is 9.88 Å². The molecule has 3 rings (SSSR count). The lowest BCUT2D eigenvalue weighted by Gasteiger charge is -2.28. The maximum atomic E-state index is 12.4. The molecule has 1 aromatic heterocycles. The molecule has 0 radical (unpaired) electrons. The smallest absolute Gasteiger partial charge is 0.410 e. The van der Waals surface area contributed by atoms with E-state index in [2.05, 4.69) is 4.98 Å². The first-order valence-corrected chi connectivity index (χ1v) is 10.0. The van der Waals surface area contributed by atoms with Gasteiger partial charge in [0.25, 0.3) is 0 Å². The summed E-state index contributed by atoms with van der Waals surface area (Å²) in [6.45, 7) is 6.42. The van der Waals surface area contributed by atoms with E-state index in [-0.39, 0.29) is 17.7 Å². The highest BCUT2D eigenvalue weighted by Gasteiger charge is 2.31. The van der Waals surface area contributed by atoms with Crippen LogP contribution in [0, 0.1) is 0 Å². The number of aromatic nitrogens is 1. The van der Waals surface area contributed by atoms with Crippen LogP contribution in [-0.2, 0) is 11.2 Å². The molecule has 1 N–H and O–H groups in total. The number of carbonyl (C=O) groups is 2. The number of likely N-dealkylation sites (tertiary alicyclic amines) is 1. The number of benzene rings is 1. The van der Waals surface area contributed by atoms with Gasteiger partial charge in [-0.3, -0.25) is 4.98 Å². The van der Waals surface area contributed by atoms with Crippen molar-refractivity contribution < 1.29 is 19.4 Å². The molecule has 2 aromatic rings. The summed E-state index contributed by atoms with van der Waals surface area (Å²) in [5, 5.41) is 8.99. The van der Waals surface area contributed by atoms with Crippen LogP contribution in [0.4, 0.5) is 4.79 Å². The molecule has 1 aliphatic rings. The van der Waals surface area contributed by atoms with Crippen LogP contribution >= 0.6 is 0 Å². The molecular formula is C23H28N2O4. The number of nitrogens with zero attached hydrogens (tertiary/aromatic N) is 2. The molecule has 6 nitrogen and oxygen atoms in total. The number of hydrogen-bond acceptors (Lipinski definition) is 4. The molecule has 0 bridgehead atoms. The molecule has 1 saturated heterocycles. The van der Waals surface area contributed by atoms with Crippen molar-refractivity contribution in [2.45, 2.75) is 58.1 Å². The first kappa shape index (κ1) is 20.8. The Bertz CT molecular complexity index is 854. The van der Waals surface area contributed by atoms with Crippen LogP contribution < -0.4 is 0 Å². The summed E-state index contributed by atoms with van der Waals surface area (Å²) in [4.78, 5) is 29.7. The van der Waals surface area contributed by atoms with Gasteiger partial charge in [-0.2, -0.15) is 0 Å².